The number of para-hydroxylation sites is 1. The third-order valence-electron chi connectivity index (χ3n) is 5.53. The summed E-state index contributed by atoms with van der Waals surface area (Å²) in [6.45, 7) is 4.51. The molecule has 0 aliphatic carbocycles. The van der Waals surface area contributed by atoms with Crippen LogP contribution in [-0.2, 0) is 16.1 Å². The van der Waals surface area contributed by atoms with Gasteiger partial charge in [-0.15, -0.1) is 0 Å². The molecule has 2 aromatic rings. The Balaban J connectivity index is 1.58. The minimum absolute atomic E-state index is 0.0363. The molecule has 0 radical (unpaired) electrons. The van der Waals surface area contributed by atoms with Crippen molar-refractivity contribution in [3.63, 3.8) is 0 Å². The molecule has 6 nitrogen and oxygen atoms in total. The van der Waals surface area contributed by atoms with Gasteiger partial charge in [-0.25, -0.2) is 0 Å². The molecule has 164 valence electrons. The second kappa shape index (κ2) is 9.88. The predicted molar refractivity (Wildman–Crippen MR) is 118 cm³/mol. The molecule has 0 aromatic heterocycles. The Labute approximate surface area is 183 Å². The molecule has 2 aromatic carbocycles. The van der Waals surface area contributed by atoms with Crippen molar-refractivity contribution in [2.24, 2.45) is 0 Å². The largest absolute Gasteiger partial charge is 0.497 e. The number of nitrogens with zero attached hydrogens (tertiary/aromatic N) is 1. The molecular formula is C25H29NO5. The fourth-order valence-corrected chi connectivity index (χ4v) is 4.02. The Bertz CT molecular complexity index is 949. The smallest absolute Gasteiger partial charge is 0.253 e. The number of carbonyl (C=O) groups is 1. The van der Waals surface area contributed by atoms with Crippen molar-refractivity contribution in [2.45, 2.75) is 32.4 Å². The summed E-state index contributed by atoms with van der Waals surface area (Å²) in [5, 5.41) is 0. The highest BCUT2D eigenvalue weighted by Gasteiger charge is 2.27. The van der Waals surface area contributed by atoms with E-state index in [2.05, 4.69) is 0 Å². The fraction of sp³-hybridized carbons (Fsp3) is 0.400. The van der Waals surface area contributed by atoms with Gasteiger partial charge in [-0.3, -0.25) is 4.79 Å². The van der Waals surface area contributed by atoms with E-state index < -0.39 is 0 Å². The van der Waals surface area contributed by atoms with Crippen LogP contribution < -0.4 is 14.2 Å². The molecule has 0 bridgehead atoms. The third kappa shape index (κ3) is 5.02. The van der Waals surface area contributed by atoms with Crippen LogP contribution in [0.4, 0.5) is 0 Å². The van der Waals surface area contributed by atoms with Gasteiger partial charge in [0.2, 0.25) is 0 Å². The van der Waals surface area contributed by atoms with Crippen molar-refractivity contribution in [1.82, 2.24) is 4.90 Å². The van der Waals surface area contributed by atoms with E-state index in [0.717, 1.165) is 36.3 Å². The Morgan fingerprint density at radius 3 is 2.87 bits per heavy atom. The van der Waals surface area contributed by atoms with Gasteiger partial charge < -0.3 is 23.8 Å². The summed E-state index contributed by atoms with van der Waals surface area (Å²) in [5.41, 5.74) is 2.50. The molecule has 2 aliphatic rings. The Morgan fingerprint density at radius 2 is 2.10 bits per heavy atom. The SMILES string of the molecule is CCOc1cccc2c1OCC(C(=O)N(Cc1cccc(OC)c1)CC1CCCO1)=C2. The molecule has 0 spiro atoms. The monoisotopic (exact) mass is 423 g/mol. The van der Waals surface area contributed by atoms with E-state index in [1.165, 1.54) is 0 Å². The van der Waals surface area contributed by atoms with Crippen LogP contribution in [0.1, 0.15) is 30.9 Å². The van der Waals surface area contributed by atoms with E-state index >= 15 is 0 Å². The molecule has 1 saturated heterocycles. The van der Waals surface area contributed by atoms with Gasteiger partial charge in [0.15, 0.2) is 11.5 Å². The van der Waals surface area contributed by atoms with Crippen LogP contribution in [0.3, 0.4) is 0 Å². The lowest BCUT2D eigenvalue weighted by Crippen LogP contribution is -2.39. The number of methoxy groups -OCH3 is 1. The number of rotatable bonds is 8. The van der Waals surface area contributed by atoms with Crippen LogP contribution in [0, 0.1) is 0 Å². The molecule has 1 atom stereocenters. The summed E-state index contributed by atoms with van der Waals surface area (Å²) < 4.78 is 22.8. The average molecular weight is 424 g/mol. The maximum Gasteiger partial charge on any atom is 0.253 e. The standard InChI is InChI=1S/C25H29NO5/c1-3-29-23-11-5-8-19-14-20(17-31-24(19)23)25(27)26(16-22-10-6-12-30-22)15-18-7-4-9-21(13-18)28-2/h4-5,7-9,11,13-14,22H,3,6,10,12,15-17H2,1-2H3. The van der Waals surface area contributed by atoms with Crippen molar-refractivity contribution in [3.8, 4) is 17.2 Å². The first-order valence-electron chi connectivity index (χ1n) is 10.8. The number of amides is 1. The molecule has 1 unspecified atom stereocenters. The van der Waals surface area contributed by atoms with Gasteiger partial charge in [0.1, 0.15) is 12.4 Å². The molecule has 4 rings (SSSR count). The summed E-state index contributed by atoms with van der Waals surface area (Å²) in [7, 11) is 1.65. The minimum Gasteiger partial charge on any atom is -0.497 e. The van der Waals surface area contributed by atoms with E-state index in [1.54, 1.807) is 7.11 Å². The van der Waals surface area contributed by atoms with E-state index in [4.69, 9.17) is 18.9 Å². The first-order valence-corrected chi connectivity index (χ1v) is 10.8. The lowest BCUT2D eigenvalue weighted by atomic mass is 10.0. The predicted octanol–water partition coefficient (Wildman–Crippen LogP) is 4.08. The zero-order valence-electron chi connectivity index (χ0n) is 18.1. The first-order chi connectivity index (χ1) is 15.2. The van der Waals surface area contributed by atoms with E-state index in [9.17, 15) is 4.79 Å². The second-order valence-corrected chi connectivity index (χ2v) is 7.74. The second-order valence-electron chi connectivity index (χ2n) is 7.74. The van der Waals surface area contributed by atoms with Crippen LogP contribution in [0.2, 0.25) is 0 Å². The zero-order valence-corrected chi connectivity index (χ0v) is 18.1. The molecule has 31 heavy (non-hydrogen) atoms. The Morgan fingerprint density at radius 1 is 1.23 bits per heavy atom. The van der Waals surface area contributed by atoms with Crippen molar-refractivity contribution in [3.05, 3.63) is 59.2 Å². The minimum atomic E-state index is -0.0363. The van der Waals surface area contributed by atoms with E-state index in [0.29, 0.717) is 36.8 Å². The fourth-order valence-electron chi connectivity index (χ4n) is 4.02. The van der Waals surface area contributed by atoms with E-state index in [-0.39, 0.29) is 18.6 Å². The topological polar surface area (TPSA) is 57.2 Å². The van der Waals surface area contributed by atoms with Gasteiger partial charge in [-0.1, -0.05) is 24.3 Å². The molecule has 1 amide bonds. The highest BCUT2D eigenvalue weighted by atomic mass is 16.5. The van der Waals surface area contributed by atoms with Crippen LogP contribution in [-0.4, -0.2) is 50.4 Å². The molecule has 6 heteroatoms. The number of ether oxygens (including phenoxy) is 4. The highest BCUT2D eigenvalue weighted by Crippen LogP contribution is 2.36. The Kier molecular flexibility index (Phi) is 6.77. The molecule has 0 N–H and O–H groups in total. The molecule has 1 fully saturated rings. The van der Waals surface area contributed by atoms with Crippen molar-refractivity contribution < 1.29 is 23.7 Å². The van der Waals surface area contributed by atoms with Crippen molar-refractivity contribution in [1.29, 1.82) is 0 Å². The van der Waals surface area contributed by atoms with Gasteiger partial charge in [-0.2, -0.15) is 0 Å². The molecular weight excluding hydrogens is 394 g/mol. The number of carbonyl (C=O) groups excluding carboxylic acids is 1. The van der Waals surface area contributed by atoms with Gasteiger partial charge in [0, 0.05) is 25.3 Å². The lowest BCUT2D eigenvalue weighted by Gasteiger charge is -2.28. The highest BCUT2D eigenvalue weighted by molar-refractivity contribution is 5.99. The van der Waals surface area contributed by atoms with Crippen LogP contribution in [0.15, 0.2) is 48.0 Å². The summed E-state index contributed by atoms with van der Waals surface area (Å²) in [5.74, 6) is 2.14. The Hall–Kier alpha value is -2.99. The van der Waals surface area contributed by atoms with Crippen LogP contribution in [0.25, 0.3) is 6.08 Å². The number of hydrogen-bond acceptors (Lipinski definition) is 5. The van der Waals surface area contributed by atoms with Gasteiger partial charge in [0.05, 0.1) is 25.4 Å². The summed E-state index contributed by atoms with van der Waals surface area (Å²) in [4.78, 5) is 15.4. The number of fused-ring (bicyclic) bond motifs is 1. The van der Waals surface area contributed by atoms with Crippen LogP contribution >= 0.6 is 0 Å². The summed E-state index contributed by atoms with van der Waals surface area (Å²) in [6, 6.07) is 13.6. The van der Waals surface area contributed by atoms with Crippen molar-refractivity contribution in [2.75, 3.05) is 33.5 Å². The maximum atomic E-state index is 13.5. The average Bonchev–Trinajstić information content (AvgIpc) is 3.31. The molecule has 0 saturated carbocycles. The molecule has 2 aliphatic heterocycles. The van der Waals surface area contributed by atoms with Crippen LogP contribution in [0.5, 0.6) is 17.2 Å². The number of benzene rings is 2. The zero-order chi connectivity index (χ0) is 21.6. The normalized spacial score (nSPS) is 17.4. The van der Waals surface area contributed by atoms with E-state index in [1.807, 2.05) is 60.4 Å². The quantitative estimate of drug-likeness (QED) is 0.640. The first kappa shape index (κ1) is 21.2. The lowest BCUT2D eigenvalue weighted by molar-refractivity contribution is -0.129. The summed E-state index contributed by atoms with van der Waals surface area (Å²) in [6.07, 6.45) is 3.98. The maximum absolute atomic E-state index is 13.5. The van der Waals surface area contributed by atoms with Gasteiger partial charge in [0.25, 0.3) is 5.91 Å². The van der Waals surface area contributed by atoms with Gasteiger partial charge >= 0.3 is 0 Å². The number of hydrogen-bond donors (Lipinski definition) is 0. The third-order valence-corrected chi connectivity index (χ3v) is 5.53. The van der Waals surface area contributed by atoms with Crippen molar-refractivity contribution >= 4 is 12.0 Å². The summed E-state index contributed by atoms with van der Waals surface area (Å²) >= 11 is 0. The molecule has 2 heterocycles. The van der Waals surface area contributed by atoms with Gasteiger partial charge in [-0.05, 0) is 49.6 Å².